The molecule has 2 atom stereocenters. The van der Waals surface area contributed by atoms with Gasteiger partial charge in [-0.1, -0.05) is 250 Å². The van der Waals surface area contributed by atoms with Crippen LogP contribution in [0.15, 0.2) is 255 Å². The summed E-state index contributed by atoms with van der Waals surface area (Å²) in [6.45, 7) is 29.6. The van der Waals surface area contributed by atoms with Crippen LogP contribution in [-0.4, -0.2) is 22.6 Å². The fourth-order valence-electron chi connectivity index (χ4n) is 10.8. The quantitative estimate of drug-likeness (QED) is 0.0445. The zero-order valence-corrected chi connectivity index (χ0v) is 55.7. The van der Waals surface area contributed by atoms with Gasteiger partial charge in [0.15, 0.2) is 0 Å². The van der Waals surface area contributed by atoms with Gasteiger partial charge in [0.1, 0.15) is 97.7 Å². The van der Waals surface area contributed by atoms with E-state index in [1.54, 1.807) is 12.4 Å². The van der Waals surface area contributed by atoms with Gasteiger partial charge in [-0.2, -0.15) is 0 Å². The molecule has 486 valence electrons. The second-order valence-electron chi connectivity index (χ2n) is 25.7. The maximum Gasteiger partial charge on any atom is 0.128 e. The van der Waals surface area contributed by atoms with Crippen LogP contribution < -0.4 is 28.4 Å². The van der Waals surface area contributed by atoms with Gasteiger partial charge in [-0.05, 0) is 126 Å². The van der Waals surface area contributed by atoms with E-state index in [2.05, 4.69) is 67.9 Å². The van der Waals surface area contributed by atoms with Crippen LogP contribution in [0.1, 0.15) is 143 Å². The molecule has 0 spiro atoms. The highest BCUT2D eigenvalue weighted by molar-refractivity contribution is 5.87. The average Bonchev–Trinajstić information content (AvgIpc) is 0.870. The largest absolute Gasteiger partial charge is 0.507 e. The lowest BCUT2D eigenvalue weighted by atomic mass is 9.85. The van der Waals surface area contributed by atoms with Gasteiger partial charge >= 0.3 is 0 Å². The molecule has 10 aromatic rings. The second-order valence-corrected chi connectivity index (χ2v) is 25.7. The lowest BCUT2D eigenvalue weighted by Crippen LogP contribution is -2.13. The van der Waals surface area contributed by atoms with E-state index in [1.807, 2.05) is 243 Å². The summed E-state index contributed by atoms with van der Waals surface area (Å²) in [5.74, 6) is 3.73. The Morgan fingerprint density at radius 1 is 0.323 bits per heavy atom. The Morgan fingerprint density at radius 2 is 0.573 bits per heavy atom. The van der Waals surface area contributed by atoms with Crippen molar-refractivity contribution in [3.63, 3.8) is 0 Å². The first kappa shape index (κ1) is 67.8. The number of nitrogens with zero attached hydrogens (tertiary/aromatic N) is 2. The van der Waals surface area contributed by atoms with Crippen molar-refractivity contribution in [2.45, 2.75) is 104 Å². The van der Waals surface area contributed by atoms with Crippen LogP contribution in [0.5, 0.6) is 46.0 Å². The molecule has 0 heterocycles. The zero-order chi connectivity index (χ0) is 67.6. The molecule has 10 rings (SSSR count). The highest BCUT2D eigenvalue weighted by Crippen LogP contribution is 2.42. The Morgan fingerprint density at radius 3 is 0.823 bits per heavy atom. The van der Waals surface area contributed by atoms with E-state index in [0.29, 0.717) is 83.2 Å². The summed E-state index contributed by atoms with van der Waals surface area (Å²) >= 11 is 0. The van der Waals surface area contributed by atoms with Gasteiger partial charge < -0.3 is 38.6 Å². The van der Waals surface area contributed by atoms with Gasteiger partial charge in [0, 0.05) is 46.8 Å². The molecule has 0 radical (unpaired) electrons. The van der Waals surface area contributed by atoms with Crippen LogP contribution in [-0.2, 0) is 50.5 Å². The predicted molar refractivity (Wildman–Crippen MR) is 392 cm³/mol. The molecular formula is C86H84N2O8. The highest BCUT2D eigenvalue weighted by atomic mass is 16.5. The van der Waals surface area contributed by atoms with E-state index >= 15 is 0 Å². The summed E-state index contributed by atoms with van der Waals surface area (Å²) in [6.07, 6.45) is 10.7. The minimum atomic E-state index is -0.625. The fraction of sp³-hybridized carbons (Fsp3) is 0.186. The van der Waals surface area contributed by atoms with Crippen molar-refractivity contribution in [3.05, 3.63) is 334 Å². The summed E-state index contributed by atoms with van der Waals surface area (Å²) < 4.78 is 39.0. The van der Waals surface area contributed by atoms with Gasteiger partial charge in [0.2, 0.25) is 0 Å². The first-order valence-electron chi connectivity index (χ1n) is 32.2. The Labute approximate surface area is 566 Å². The van der Waals surface area contributed by atoms with E-state index in [9.17, 15) is 10.2 Å². The van der Waals surface area contributed by atoms with Crippen LogP contribution >= 0.6 is 0 Å². The number of hydrogen-bond acceptors (Lipinski definition) is 10. The minimum absolute atomic E-state index is 0.0856. The Balaban J connectivity index is 0.948. The van der Waals surface area contributed by atoms with Crippen LogP contribution in [0.2, 0.25) is 0 Å². The number of aromatic hydroxyl groups is 2. The van der Waals surface area contributed by atoms with Crippen LogP contribution in [0, 0.1) is 0 Å². The summed E-state index contributed by atoms with van der Waals surface area (Å²) in [5.41, 5.74) is 12.8. The zero-order valence-electron chi connectivity index (χ0n) is 55.7. The van der Waals surface area contributed by atoms with Crippen LogP contribution in [0.3, 0.4) is 0 Å². The molecule has 0 aliphatic rings. The fourth-order valence-corrected chi connectivity index (χ4v) is 10.8. The molecule has 0 saturated carbocycles. The molecule has 2 N–H and O–H groups in total. The molecule has 96 heavy (non-hydrogen) atoms. The van der Waals surface area contributed by atoms with E-state index in [-0.39, 0.29) is 24.7 Å². The molecule has 0 saturated heterocycles. The summed E-state index contributed by atoms with van der Waals surface area (Å²) in [4.78, 5) is 10.7. The monoisotopic (exact) mass is 1270 g/mol. The number of hydrogen-bond donors (Lipinski definition) is 2. The molecule has 10 nitrogen and oxygen atoms in total. The predicted octanol–water partition coefficient (Wildman–Crippen LogP) is 20.8. The third-order valence-corrected chi connectivity index (χ3v) is 16.3. The topological polar surface area (TPSA) is 121 Å². The van der Waals surface area contributed by atoms with Crippen LogP contribution in [0.25, 0.3) is 24.3 Å². The Kier molecular flexibility index (Phi) is 22.4. The van der Waals surface area contributed by atoms with E-state index in [4.69, 9.17) is 38.4 Å². The number of ether oxygens (including phenoxy) is 6. The van der Waals surface area contributed by atoms with Gasteiger partial charge in [-0.15, -0.1) is 0 Å². The lowest BCUT2D eigenvalue weighted by molar-refractivity contribution is 0.281. The van der Waals surface area contributed by atoms with Crippen molar-refractivity contribution in [3.8, 4) is 46.0 Å². The van der Waals surface area contributed by atoms with E-state index in [1.165, 1.54) is 0 Å². The van der Waals surface area contributed by atoms with Gasteiger partial charge in [-0.25, -0.2) is 0 Å². The van der Waals surface area contributed by atoms with Crippen molar-refractivity contribution in [1.29, 1.82) is 0 Å². The molecule has 0 bridgehead atoms. The molecule has 10 aromatic carbocycles. The van der Waals surface area contributed by atoms with Gasteiger partial charge in [0.25, 0.3) is 0 Å². The van der Waals surface area contributed by atoms with E-state index in [0.717, 1.165) is 66.8 Å². The van der Waals surface area contributed by atoms with Crippen molar-refractivity contribution in [1.82, 2.24) is 0 Å². The molecule has 0 unspecified atom stereocenters. The molecule has 0 fully saturated rings. The first-order valence-corrected chi connectivity index (χ1v) is 32.2. The average molecular weight is 1270 g/mol. The maximum absolute atomic E-state index is 12.2. The van der Waals surface area contributed by atoms with Crippen molar-refractivity contribution in [2.24, 2.45) is 9.98 Å². The van der Waals surface area contributed by atoms with E-state index < -0.39 is 22.9 Å². The smallest absolute Gasteiger partial charge is 0.128 e. The third-order valence-electron chi connectivity index (χ3n) is 16.3. The molecule has 0 aliphatic carbocycles. The van der Waals surface area contributed by atoms with Crippen molar-refractivity contribution in [2.75, 3.05) is 0 Å². The number of phenolic OH excluding ortho intramolecular Hbond substituents is 2. The molecule has 0 aliphatic heterocycles. The highest BCUT2D eigenvalue weighted by Gasteiger charge is 2.27. The Hall–Kier alpha value is -11.1. The SMILES string of the molecule is C=Cc1ccc(COc2cc(COc3cc(C=N[C@H](c4ccccc4)[C@H](N=Cc4cc(OCc5cc(OCc6ccc(C=C)cc6)cc(OCc6ccc(C=C)cc6)c5)cc(C(C)(C)C)c4O)c4ccccc4)c(O)c(C(C)(C)C)c3)cc(OCc3ccc(C=C)cc3)c2)cc1. The van der Waals surface area contributed by atoms with Gasteiger partial charge in [0.05, 0.1) is 0 Å². The van der Waals surface area contributed by atoms with Crippen molar-refractivity contribution >= 4 is 36.7 Å². The Bertz CT molecular complexity index is 3900. The number of rotatable bonds is 29. The third kappa shape index (κ3) is 18.6. The minimum Gasteiger partial charge on any atom is -0.507 e. The summed E-state index contributed by atoms with van der Waals surface area (Å²) in [6, 6.07) is 70.1. The molecule has 10 heteroatoms. The number of aliphatic imine (C=N–C) groups is 2. The summed E-state index contributed by atoms with van der Waals surface area (Å²) in [7, 11) is 0. The standard InChI is InChI=1S/C86H84N2O8/c1-11-59-25-33-63(34-26-59)53-91-73-41-67(42-74(47-73)92-54-64-35-27-60(12-2)28-36-64)57-95-77-45-71(83(89)79(49-77)85(5,6)7)51-87-81(69-21-17-15-18-22-69)82(70-23-19-16-20-24-70)88-52-72-46-78(50-80(84(72)90)86(8,9)10)96-58-68-43-75(93-55-65-37-29-61(13-3)30-38-65)48-76(44-68)94-56-66-39-31-62(14-4)32-40-66/h11-52,81-82,89-90H,1-4,53-58H2,5-10H3/t81-,82-/m1/s1. The lowest BCUT2D eigenvalue weighted by Gasteiger charge is -2.24. The normalized spacial score (nSPS) is 12.2. The maximum atomic E-state index is 12.2. The molecule has 0 aromatic heterocycles. The van der Waals surface area contributed by atoms with Crippen molar-refractivity contribution < 1.29 is 38.6 Å². The second kappa shape index (κ2) is 31.7. The molecule has 0 amide bonds. The van der Waals surface area contributed by atoms with Crippen LogP contribution in [0.4, 0.5) is 0 Å². The molecular weight excluding hydrogens is 1190 g/mol. The van der Waals surface area contributed by atoms with Gasteiger partial charge in [-0.3, -0.25) is 9.98 Å². The number of benzene rings is 10. The number of phenols is 2. The first-order chi connectivity index (χ1) is 46.4. The summed E-state index contributed by atoms with van der Waals surface area (Å²) in [5, 5.41) is 24.5.